The van der Waals surface area contributed by atoms with E-state index >= 15 is 0 Å². The topological polar surface area (TPSA) is 29.3 Å². The largest absolute Gasteiger partial charge is 0.399 e. The van der Waals surface area contributed by atoms with Crippen molar-refractivity contribution in [2.45, 2.75) is 33.6 Å². The highest BCUT2D eigenvalue weighted by Crippen LogP contribution is 2.20. The van der Waals surface area contributed by atoms with Crippen LogP contribution in [0.4, 0.5) is 11.4 Å². The molecular weight excluding hydrogens is 184 g/mol. The van der Waals surface area contributed by atoms with Crippen LogP contribution >= 0.6 is 0 Å². The van der Waals surface area contributed by atoms with E-state index in [2.05, 4.69) is 37.8 Å². The molecular formula is C13H22N2. The van der Waals surface area contributed by atoms with Crippen LogP contribution in [0.25, 0.3) is 0 Å². The third-order valence-corrected chi connectivity index (χ3v) is 2.61. The van der Waals surface area contributed by atoms with E-state index in [9.17, 15) is 0 Å². The van der Waals surface area contributed by atoms with E-state index in [1.54, 1.807) is 0 Å². The lowest BCUT2D eigenvalue weighted by Crippen LogP contribution is -2.24. The van der Waals surface area contributed by atoms with Crippen molar-refractivity contribution >= 4 is 11.4 Å². The molecule has 2 heteroatoms. The first kappa shape index (κ1) is 11.9. The number of nitrogens with two attached hydrogens (primary N) is 1. The third kappa shape index (κ3) is 3.15. The molecule has 0 unspecified atom stereocenters. The molecule has 2 nitrogen and oxygen atoms in total. The van der Waals surface area contributed by atoms with Crippen LogP contribution in [0.5, 0.6) is 0 Å². The van der Waals surface area contributed by atoms with Gasteiger partial charge in [0.2, 0.25) is 0 Å². The van der Waals surface area contributed by atoms with Gasteiger partial charge in [-0.05, 0) is 43.5 Å². The van der Waals surface area contributed by atoms with Crippen molar-refractivity contribution in [3.05, 3.63) is 23.8 Å². The van der Waals surface area contributed by atoms with Gasteiger partial charge in [0.05, 0.1) is 0 Å². The second-order valence-electron chi connectivity index (χ2n) is 4.03. The highest BCUT2D eigenvalue weighted by Gasteiger charge is 2.05. The zero-order chi connectivity index (χ0) is 11.3. The lowest BCUT2D eigenvalue weighted by Gasteiger charge is -2.24. The minimum absolute atomic E-state index is 0.881. The molecule has 0 radical (unpaired) electrons. The fraction of sp³-hybridized carbons (Fsp3) is 0.538. The summed E-state index contributed by atoms with van der Waals surface area (Å²) in [6.07, 6.45) is 2.37. The molecule has 15 heavy (non-hydrogen) atoms. The van der Waals surface area contributed by atoms with Crippen molar-refractivity contribution in [3.8, 4) is 0 Å². The number of nitrogen functional groups attached to an aromatic ring is 1. The van der Waals surface area contributed by atoms with Gasteiger partial charge in [0.15, 0.2) is 0 Å². The normalized spacial score (nSPS) is 10.3. The monoisotopic (exact) mass is 206 g/mol. The van der Waals surface area contributed by atoms with Crippen molar-refractivity contribution in [1.29, 1.82) is 0 Å². The Bertz CT molecular complexity index is 301. The van der Waals surface area contributed by atoms with Crippen molar-refractivity contribution in [3.63, 3.8) is 0 Å². The SMILES string of the molecule is CCCN(CCC)c1ccc(N)c(C)c1. The molecule has 0 heterocycles. The van der Waals surface area contributed by atoms with Gasteiger partial charge in [-0.3, -0.25) is 0 Å². The lowest BCUT2D eigenvalue weighted by molar-refractivity contribution is 0.745. The maximum atomic E-state index is 5.82. The van der Waals surface area contributed by atoms with Gasteiger partial charge in [0.25, 0.3) is 0 Å². The minimum Gasteiger partial charge on any atom is -0.399 e. The Labute approximate surface area is 93.1 Å². The summed E-state index contributed by atoms with van der Waals surface area (Å²) in [5.74, 6) is 0. The molecule has 0 bridgehead atoms. The van der Waals surface area contributed by atoms with Gasteiger partial charge in [-0.25, -0.2) is 0 Å². The Hall–Kier alpha value is -1.18. The van der Waals surface area contributed by atoms with Gasteiger partial charge in [0.1, 0.15) is 0 Å². The van der Waals surface area contributed by atoms with Crippen LogP contribution < -0.4 is 10.6 Å². The fourth-order valence-corrected chi connectivity index (χ4v) is 1.77. The number of benzene rings is 1. The first-order chi connectivity index (χ1) is 7.19. The average molecular weight is 206 g/mol. The van der Waals surface area contributed by atoms with E-state index in [-0.39, 0.29) is 0 Å². The Morgan fingerprint density at radius 1 is 1.13 bits per heavy atom. The van der Waals surface area contributed by atoms with E-state index in [0.717, 1.165) is 18.8 Å². The molecule has 1 aromatic rings. The number of hydrogen-bond acceptors (Lipinski definition) is 2. The van der Waals surface area contributed by atoms with Crippen LogP contribution in [0.1, 0.15) is 32.3 Å². The number of anilines is 2. The van der Waals surface area contributed by atoms with Crippen LogP contribution in [0.2, 0.25) is 0 Å². The summed E-state index contributed by atoms with van der Waals surface area (Å²) in [6, 6.07) is 6.30. The van der Waals surface area contributed by atoms with E-state index in [1.807, 2.05) is 6.07 Å². The number of hydrogen-bond donors (Lipinski definition) is 1. The first-order valence-corrected chi connectivity index (χ1v) is 5.80. The second kappa shape index (κ2) is 5.64. The minimum atomic E-state index is 0.881. The average Bonchev–Trinajstić information content (AvgIpc) is 2.22. The smallest absolute Gasteiger partial charge is 0.0370 e. The molecule has 0 amide bonds. The van der Waals surface area contributed by atoms with Gasteiger partial charge in [0, 0.05) is 24.5 Å². The number of nitrogens with zero attached hydrogens (tertiary/aromatic N) is 1. The van der Waals surface area contributed by atoms with Crippen molar-refractivity contribution in [1.82, 2.24) is 0 Å². The molecule has 0 saturated carbocycles. The Morgan fingerprint density at radius 2 is 1.73 bits per heavy atom. The molecule has 0 spiro atoms. The number of rotatable bonds is 5. The summed E-state index contributed by atoms with van der Waals surface area (Å²) in [7, 11) is 0. The van der Waals surface area contributed by atoms with Crippen molar-refractivity contribution in [2.75, 3.05) is 23.7 Å². The summed E-state index contributed by atoms with van der Waals surface area (Å²) in [4.78, 5) is 2.42. The molecule has 0 aliphatic carbocycles. The second-order valence-corrected chi connectivity index (χ2v) is 4.03. The fourth-order valence-electron chi connectivity index (χ4n) is 1.77. The summed E-state index contributed by atoms with van der Waals surface area (Å²) >= 11 is 0. The van der Waals surface area contributed by atoms with E-state index in [4.69, 9.17) is 5.73 Å². The molecule has 1 aromatic carbocycles. The van der Waals surface area contributed by atoms with Crippen LogP contribution in [-0.4, -0.2) is 13.1 Å². The molecule has 1 rings (SSSR count). The van der Waals surface area contributed by atoms with Crippen LogP contribution in [0.15, 0.2) is 18.2 Å². The predicted molar refractivity (Wildman–Crippen MR) is 68.4 cm³/mol. The molecule has 0 fully saturated rings. The zero-order valence-corrected chi connectivity index (χ0v) is 10.1. The lowest BCUT2D eigenvalue weighted by atomic mass is 10.1. The molecule has 84 valence electrons. The molecule has 0 aliphatic rings. The van der Waals surface area contributed by atoms with Crippen molar-refractivity contribution < 1.29 is 0 Å². The van der Waals surface area contributed by atoms with Crippen LogP contribution in [-0.2, 0) is 0 Å². The Balaban J connectivity index is 2.85. The van der Waals surface area contributed by atoms with Gasteiger partial charge in [-0.2, -0.15) is 0 Å². The quantitative estimate of drug-likeness (QED) is 0.750. The molecule has 0 saturated heterocycles. The standard InChI is InChI=1S/C13H22N2/c1-4-8-15(9-5-2)12-6-7-13(14)11(3)10-12/h6-7,10H,4-5,8-9,14H2,1-3H3. The summed E-state index contributed by atoms with van der Waals surface area (Å²) in [6.45, 7) is 8.74. The van der Waals surface area contributed by atoms with Gasteiger partial charge in [-0.1, -0.05) is 13.8 Å². The third-order valence-electron chi connectivity index (χ3n) is 2.61. The van der Waals surface area contributed by atoms with Gasteiger partial charge in [-0.15, -0.1) is 0 Å². The highest BCUT2D eigenvalue weighted by molar-refractivity contribution is 5.58. The zero-order valence-electron chi connectivity index (χ0n) is 10.1. The molecule has 2 N–H and O–H groups in total. The van der Waals surface area contributed by atoms with Crippen LogP contribution in [0.3, 0.4) is 0 Å². The van der Waals surface area contributed by atoms with Crippen LogP contribution in [0, 0.1) is 6.92 Å². The van der Waals surface area contributed by atoms with Crippen molar-refractivity contribution in [2.24, 2.45) is 0 Å². The summed E-state index contributed by atoms with van der Waals surface area (Å²) < 4.78 is 0. The predicted octanol–water partition coefficient (Wildman–Crippen LogP) is 3.20. The summed E-state index contributed by atoms with van der Waals surface area (Å²) in [5, 5.41) is 0. The van der Waals surface area contributed by atoms with E-state index in [0.29, 0.717) is 0 Å². The van der Waals surface area contributed by atoms with Gasteiger partial charge < -0.3 is 10.6 Å². The van der Waals surface area contributed by atoms with E-state index < -0.39 is 0 Å². The van der Waals surface area contributed by atoms with E-state index in [1.165, 1.54) is 24.1 Å². The maximum absolute atomic E-state index is 5.82. The Kier molecular flexibility index (Phi) is 4.47. The summed E-state index contributed by atoms with van der Waals surface area (Å²) in [5.41, 5.74) is 9.17. The molecule has 0 aliphatic heterocycles. The number of aryl methyl sites for hydroxylation is 1. The molecule has 0 aromatic heterocycles. The Morgan fingerprint density at radius 3 is 2.20 bits per heavy atom. The first-order valence-electron chi connectivity index (χ1n) is 5.80. The highest BCUT2D eigenvalue weighted by atomic mass is 15.1. The maximum Gasteiger partial charge on any atom is 0.0370 e. The van der Waals surface area contributed by atoms with Gasteiger partial charge >= 0.3 is 0 Å². The molecule has 0 atom stereocenters.